The van der Waals surface area contributed by atoms with E-state index in [1.165, 1.54) is 0 Å². The number of rotatable bonds is 0. The minimum atomic E-state index is 0. The largest absolute Gasteiger partial charge is 3.00 e. The second-order valence-electron chi connectivity index (χ2n) is 0. The van der Waals surface area contributed by atoms with Gasteiger partial charge in [0, 0.05) is 0 Å². The molecule has 0 bridgehead atoms. The van der Waals surface area contributed by atoms with E-state index in [1.54, 1.807) is 0 Å². The zero-order valence-corrected chi connectivity index (χ0v) is 11.8. The summed E-state index contributed by atoms with van der Waals surface area (Å²) in [4.78, 5) is 16.0. The van der Waals surface area contributed by atoms with Crippen molar-refractivity contribution in [2.24, 2.45) is 0 Å². The summed E-state index contributed by atoms with van der Waals surface area (Å²) in [6, 6.07) is 0. The number of carbonyl (C=O) groups is 2. The Morgan fingerprint density at radius 2 is 0.625 bits per heavy atom. The van der Waals surface area contributed by atoms with Crippen LogP contribution in [-0.4, -0.2) is 13.6 Å². The van der Waals surface area contributed by atoms with Crippen molar-refractivity contribution in [3.8, 4) is 0 Å². The summed E-state index contributed by atoms with van der Waals surface area (Å²) in [5.41, 5.74) is 0. The molecule has 0 aliphatic carbocycles. The van der Waals surface area contributed by atoms with E-state index in [2.05, 4.69) is 0 Å². The topological polar surface area (TPSA) is 34.1 Å². The predicted octanol–water partition coefficient (Wildman–Crippen LogP) is -9.36. The number of hydrogen-bond acceptors (Lipinski definition) is 2. The summed E-state index contributed by atoms with van der Waals surface area (Å²) in [5.74, 6) is 0. The van der Waals surface area contributed by atoms with Crippen molar-refractivity contribution in [3.63, 3.8) is 0 Å². The third-order valence-corrected chi connectivity index (χ3v) is 0. The fraction of sp³-hybridized carbons (Fsp3) is 0. The first-order chi connectivity index (χ1) is 2.00. The molecule has 0 aromatic carbocycles. The molecule has 0 aliphatic rings. The molecule has 0 amide bonds. The first kappa shape index (κ1) is 49.3. The van der Waals surface area contributed by atoms with Gasteiger partial charge in [0.2, 0.25) is 0 Å². The van der Waals surface area contributed by atoms with Crippen LogP contribution < -0.4 is 71.9 Å². The third kappa shape index (κ3) is 90.0. The Balaban J connectivity index is -0.00000000167. The van der Waals surface area contributed by atoms with Gasteiger partial charge < -0.3 is 81.5 Å². The Kier molecular flexibility index (Phi) is 809. The van der Waals surface area contributed by atoms with Crippen molar-refractivity contribution in [1.29, 1.82) is 0 Å². The summed E-state index contributed by atoms with van der Waals surface area (Å²) in [7, 11) is 0. The summed E-state index contributed by atoms with van der Waals surface area (Å²) in [6.07, 6.45) is 0. The fourth-order valence-corrected chi connectivity index (χ4v) is 0. The van der Waals surface area contributed by atoms with Gasteiger partial charge in [0.1, 0.15) is 13.6 Å². The molecule has 8 heavy (non-hydrogen) atoms. The van der Waals surface area contributed by atoms with Gasteiger partial charge in [0.25, 0.3) is 0 Å². The molecule has 2 nitrogen and oxygen atoms in total. The number of carbonyl (C=O) groups excluding carboxylic acids is 2. The van der Waals surface area contributed by atoms with E-state index in [9.17, 15) is 0 Å². The smallest absolute Gasteiger partial charge is 1.00 e. The molecule has 0 heterocycles. The van der Waals surface area contributed by atoms with Crippen LogP contribution in [0, 0.1) is 0 Å². The Hall–Kier alpha value is 2.15. The first-order valence-electron chi connectivity index (χ1n) is 0.577. The van der Waals surface area contributed by atoms with Crippen LogP contribution >= 0.6 is 0 Å². The second kappa shape index (κ2) is 131. The summed E-state index contributed by atoms with van der Waals surface area (Å²) in [6.45, 7) is 4.00. The maximum absolute atomic E-state index is 8.00. The maximum atomic E-state index is 8.00. The predicted molar refractivity (Wildman–Crippen MR) is 14.2 cm³/mol. The fourth-order valence-electron chi connectivity index (χ4n) is 0. The van der Waals surface area contributed by atoms with Crippen molar-refractivity contribution in [3.05, 3.63) is 0 Å². The molecule has 0 atom stereocenters. The molecule has 0 spiro atoms. The van der Waals surface area contributed by atoms with Crippen molar-refractivity contribution < 1.29 is 101 Å². The van der Waals surface area contributed by atoms with Gasteiger partial charge >= 0.3 is 19.5 Å². The second-order valence-corrected chi connectivity index (χ2v) is 0. The molecule has 0 saturated heterocycles. The van der Waals surface area contributed by atoms with E-state index in [1.807, 2.05) is 13.6 Å². The quantitative estimate of drug-likeness (QED) is 0.225. The van der Waals surface area contributed by atoms with E-state index in [-0.39, 0.29) is 91.4 Å². The minimum absolute atomic E-state index is 0. The average Bonchev–Trinajstić information content (AvgIpc) is 1.50. The van der Waals surface area contributed by atoms with E-state index in [0.29, 0.717) is 0 Å². The molecule has 0 fully saturated rings. The van der Waals surface area contributed by atoms with Gasteiger partial charge in [-0.15, -0.1) is 0 Å². The standard InChI is InChI=1S/2CH2O.3HI.Rh/c2*1-2;;;;/h2*1H2;3*1H;/q;;;;;+3/p-3. The van der Waals surface area contributed by atoms with Crippen LogP contribution in [-0.2, 0) is 29.1 Å². The molecule has 0 unspecified atom stereocenters. The minimum Gasteiger partial charge on any atom is -1.00 e. The Bertz CT molecular complexity index is 17.2. The van der Waals surface area contributed by atoms with E-state index in [4.69, 9.17) is 9.59 Å². The van der Waals surface area contributed by atoms with Crippen LogP contribution in [0.5, 0.6) is 0 Å². The van der Waals surface area contributed by atoms with Crippen molar-refractivity contribution in [2.75, 3.05) is 0 Å². The monoisotopic (exact) mass is 544 g/mol. The summed E-state index contributed by atoms with van der Waals surface area (Å²) >= 11 is 0. The molecular weight excluding hydrogens is 540 g/mol. The van der Waals surface area contributed by atoms with Gasteiger partial charge in [-0.25, -0.2) is 0 Å². The van der Waals surface area contributed by atoms with Crippen LogP contribution in [0.2, 0.25) is 0 Å². The van der Waals surface area contributed by atoms with Crippen LogP contribution in [0.4, 0.5) is 0 Å². The summed E-state index contributed by atoms with van der Waals surface area (Å²) in [5, 5.41) is 0. The number of hydrogen-bond donors (Lipinski definition) is 0. The molecule has 0 rings (SSSR count). The zero-order valence-electron chi connectivity index (χ0n) is 3.70. The molecular formula is C2H4I3O2Rh. The molecule has 0 saturated carbocycles. The van der Waals surface area contributed by atoms with E-state index in [0.717, 1.165) is 0 Å². The zero-order chi connectivity index (χ0) is 4.00. The van der Waals surface area contributed by atoms with Crippen LogP contribution in [0.3, 0.4) is 0 Å². The molecule has 6 heteroatoms. The van der Waals surface area contributed by atoms with Crippen molar-refractivity contribution in [1.82, 2.24) is 0 Å². The first-order valence-corrected chi connectivity index (χ1v) is 0.577. The van der Waals surface area contributed by atoms with Gasteiger partial charge in [-0.05, 0) is 0 Å². The van der Waals surface area contributed by atoms with Gasteiger partial charge in [-0.1, -0.05) is 0 Å². The molecule has 0 aliphatic heterocycles. The van der Waals surface area contributed by atoms with Crippen LogP contribution in [0.1, 0.15) is 0 Å². The van der Waals surface area contributed by atoms with Gasteiger partial charge in [0.15, 0.2) is 0 Å². The summed E-state index contributed by atoms with van der Waals surface area (Å²) < 4.78 is 0. The normalized spacial score (nSPS) is 1.00. The van der Waals surface area contributed by atoms with Crippen LogP contribution in [0.25, 0.3) is 0 Å². The van der Waals surface area contributed by atoms with Crippen molar-refractivity contribution in [2.45, 2.75) is 0 Å². The number of halogens is 3. The third-order valence-electron chi connectivity index (χ3n) is 0. The maximum Gasteiger partial charge on any atom is 3.00 e. The molecule has 54 valence electrons. The SMILES string of the molecule is C=O.C=O.[I-].[I-].[I-].[Rh+3]. The van der Waals surface area contributed by atoms with E-state index >= 15 is 0 Å². The Morgan fingerprint density at radius 3 is 0.625 bits per heavy atom. The Labute approximate surface area is 113 Å². The van der Waals surface area contributed by atoms with Gasteiger partial charge in [0.05, 0.1) is 0 Å². The molecule has 0 N–H and O–H groups in total. The van der Waals surface area contributed by atoms with Gasteiger partial charge in [-0.2, -0.15) is 0 Å². The molecule has 0 aromatic heterocycles. The molecule has 0 radical (unpaired) electrons. The Morgan fingerprint density at radius 1 is 0.625 bits per heavy atom. The van der Waals surface area contributed by atoms with Crippen molar-refractivity contribution >= 4 is 13.6 Å². The van der Waals surface area contributed by atoms with Gasteiger partial charge in [-0.3, -0.25) is 0 Å². The average molecular weight is 544 g/mol. The molecule has 0 aromatic rings. The van der Waals surface area contributed by atoms with Crippen LogP contribution in [0.15, 0.2) is 0 Å². The van der Waals surface area contributed by atoms with E-state index < -0.39 is 0 Å².